The molecule has 3 heterocycles. The zero-order valence-corrected chi connectivity index (χ0v) is 20.5. The summed E-state index contributed by atoms with van der Waals surface area (Å²) in [5.41, 5.74) is 6.04. The number of nitrogens with zero attached hydrogens (tertiary/aromatic N) is 2. The molecular formula is C28H24N2S2. The van der Waals surface area contributed by atoms with Gasteiger partial charge in [-0.15, -0.1) is 22.7 Å². The van der Waals surface area contributed by atoms with E-state index in [1.165, 1.54) is 57.2 Å². The average Bonchev–Trinajstić information content (AvgIpc) is 3.29. The van der Waals surface area contributed by atoms with Crippen LogP contribution in [0, 0.1) is 13.8 Å². The van der Waals surface area contributed by atoms with E-state index in [2.05, 4.69) is 83.1 Å². The van der Waals surface area contributed by atoms with Gasteiger partial charge in [-0.25, -0.2) is 9.97 Å². The fourth-order valence-electron chi connectivity index (χ4n) is 4.75. The molecular weight excluding hydrogens is 428 g/mol. The molecule has 0 N–H and O–H groups in total. The lowest BCUT2D eigenvalue weighted by Crippen LogP contribution is -2.12. The zero-order valence-electron chi connectivity index (χ0n) is 18.9. The summed E-state index contributed by atoms with van der Waals surface area (Å²) >= 11 is 3.72. The van der Waals surface area contributed by atoms with E-state index >= 15 is 0 Å². The molecule has 158 valence electrons. The normalized spacial score (nSPS) is 12.5. The van der Waals surface area contributed by atoms with Crippen LogP contribution in [-0.4, -0.2) is 9.97 Å². The van der Waals surface area contributed by atoms with Crippen molar-refractivity contribution in [3.63, 3.8) is 0 Å². The summed E-state index contributed by atoms with van der Waals surface area (Å²) in [6, 6.07) is 17.8. The maximum Gasteiger partial charge on any atom is 0.116 e. The molecule has 0 bridgehead atoms. The zero-order chi connectivity index (χ0) is 22.2. The largest absolute Gasteiger partial charge is 0.235 e. The van der Waals surface area contributed by atoms with Crippen LogP contribution in [0.4, 0.5) is 0 Å². The number of thiophene rings is 2. The Hall–Kier alpha value is -2.82. The highest BCUT2D eigenvalue weighted by molar-refractivity contribution is 7.28. The molecule has 3 aromatic heterocycles. The van der Waals surface area contributed by atoms with Gasteiger partial charge in [-0.3, -0.25) is 0 Å². The van der Waals surface area contributed by atoms with Crippen molar-refractivity contribution in [1.82, 2.24) is 9.97 Å². The number of hydrogen-bond acceptors (Lipinski definition) is 4. The Kier molecular flexibility index (Phi) is 4.24. The van der Waals surface area contributed by atoms with Crippen molar-refractivity contribution in [2.75, 3.05) is 0 Å². The topological polar surface area (TPSA) is 25.8 Å². The third-order valence-corrected chi connectivity index (χ3v) is 8.88. The summed E-state index contributed by atoms with van der Waals surface area (Å²) in [5.74, 6) is 0. The van der Waals surface area contributed by atoms with Gasteiger partial charge in [-0.1, -0.05) is 45.0 Å². The lowest BCUT2D eigenvalue weighted by Gasteiger charge is -2.22. The minimum atomic E-state index is 0.0411. The number of benzene rings is 3. The maximum atomic E-state index is 4.81. The molecule has 6 rings (SSSR count). The fourth-order valence-corrected chi connectivity index (χ4v) is 7.27. The number of fused-ring (bicyclic) bond motifs is 6. The van der Waals surface area contributed by atoms with Crippen molar-refractivity contribution in [2.45, 2.75) is 40.0 Å². The molecule has 0 aliphatic rings. The molecule has 0 spiro atoms. The van der Waals surface area contributed by atoms with Gasteiger partial charge in [-0.2, -0.15) is 0 Å². The highest BCUT2D eigenvalue weighted by Gasteiger charge is 2.21. The first kappa shape index (κ1) is 19.8. The van der Waals surface area contributed by atoms with E-state index < -0.39 is 0 Å². The summed E-state index contributed by atoms with van der Waals surface area (Å²) in [6.07, 6.45) is 1.73. The van der Waals surface area contributed by atoms with Crippen molar-refractivity contribution in [3.8, 4) is 11.3 Å². The third kappa shape index (κ3) is 2.83. The van der Waals surface area contributed by atoms with E-state index in [4.69, 9.17) is 9.97 Å². The number of hydrogen-bond donors (Lipinski definition) is 0. The summed E-state index contributed by atoms with van der Waals surface area (Å²) in [6.45, 7) is 11.3. The van der Waals surface area contributed by atoms with Gasteiger partial charge in [-0.05, 0) is 65.4 Å². The Bertz CT molecular complexity index is 1680. The minimum absolute atomic E-state index is 0.0411. The highest BCUT2D eigenvalue weighted by Crippen LogP contribution is 2.45. The van der Waals surface area contributed by atoms with E-state index in [0.29, 0.717) is 0 Å². The average molecular weight is 453 g/mol. The van der Waals surface area contributed by atoms with Gasteiger partial charge in [0.1, 0.15) is 6.33 Å². The Morgan fingerprint density at radius 3 is 2.44 bits per heavy atom. The maximum absolute atomic E-state index is 4.81. The lowest BCUT2D eigenvalue weighted by atomic mass is 9.82. The number of aromatic nitrogens is 2. The van der Waals surface area contributed by atoms with Crippen molar-refractivity contribution in [2.24, 2.45) is 0 Å². The van der Waals surface area contributed by atoms with Gasteiger partial charge in [0.2, 0.25) is 0 Å². The van der Waals surface area contributed by atoms with E-state index in [-0.39, 0.29) is 5.41 Å². The van der Waals surface area contributed by atoms with Crippen LogP contribution in [0.3, 0.4) is 0 Å². The smallest absolute Gasteiger partial charge is 0.116 e. The third-order valence-electron chi connectivity index (χ3n) is 6.49. The van der Waals surface area contributed by atoms with Crippen LogP contribution in [0.1, 0.15) is 36.8 Å². The first-order chi connectivity index (χ1) is 15.3. The molecule has 0 saturated carbocycles. The SMILES string of the molecule is Cc1sc2ccc3c4ncnc(-c5cc(C(C)(C)C)c6ccccc6c5)c4sc3c2c1C. The van der Waals surface area contributed by atoms with Crippen LogP contribution in [0.2, 0.25) is 0 Å². The summed E-state index contributed by atoms with van der Waals surface area (Å²) in [4.78, 5) is 10.9. The second-order valence-electron chi connectivity index (χ2n) is 9.60. The summed E-state index contributed by atoms with van der Waals surface area (Å²) in [7, 11) is 0. The Labute approximate surface area is 195 Å². The minimum Gasteiger partial charge on any atom is -0.235 e. The summed E-state index contributed by atoms with van der Waals surface area (Å²) < 4.78 is 3.86. The Morgan fingerprint density at radius 2 is 1.62 bits per heavy atom. The van der Waals surface area contributed by atoms with Crippen molar-refractivity contribution >= 4 is 63.8 Å². The standard InChI is InChI=1S/C28H24N2S2/c1-15-16(2)31-22-11-10-20-25-27(32-26(20)23(15)22)24(29-14-30-25)18-12-17-8-6-7-9-19(17)21(13-18)28(3,4)5/h6-14H,1-5H3. The van der Waals surface area contributed by atoms with Gasteiger partial charge < -0.3 is 0 Å². The van der Waals surface area contributed by atoms with Crippen LogP contribution < -0.4 is 0 Å². The molecule has 0 atom stereocenters. The van der Waals surface area contributed by atoms with Gasteiger partial charge in [0.25, 0.3) is 0 Å². The van der Waals surface area contributed by atoms with Crippen LogP contribution in [0.15, 0.2) is 54.9 Å². The fraction of sp³-hybridized carbons (Fsp3) is 0.214. The van der Waals surface area contributed by atoms with Gasteiger partial charge in [0.15, 0.2) is 0 Å². The van der Waals surface area contributed by atoms with E-state index in [1.54, 1.807) is 6.33 Å². The van der Waals surface area contributed by atoms with Gasteiger partial charge in [0, 0.05) is 30.6 Å². The molecule has 0 saturated heterocycles. The van der Waals surface area contributed by atoms with E-state index in [0.717, 1.165) is 11.2 Å². The molecule has 0 radical (unpaired) electrons. The quantitative estimate of drug-likeness (QED) is 0.249. The highest BCUT2D eigenvalue weighted by atomic mass is 32.1. The van der Waals surface area contributed by atoms with Gasteiger partial charge in [0.05, 0.1) is 15.9 Å². The molecule has 0 aliphatic carbocycles. The Morgan fingerprint density at radius 1 is 0.812 bits per heavy atom. The summed E-state index contributed by atoms with van der Waals surface area (Å²) in [5, 5.41) is 5.19. The number of aryl methyl sites for hydroxylation is 2. The van der Waals surface area contributed by atoms with Crippen LogP contribution >= 0.6 is 22.7 Å². The first-order valence-corrected chi connectivity index (χ1v) is 12.6. The molecule has 6 aromatic rings. The van der Waals surface area contributed by atoms with Crippen molar-refractivity contribution in [1.29, 1.82) is 0 Å². The monoisotopic (exact) mass is 452 g/mol. The van der Waals surface area contributed by atoms with Crippen LogP contribution in [0.25, 0.3) is 52.4 Å². The lowest BCUT2D eigenvalue weighted by molar-refractivity contribution is 0.596. The van der Waals surface area contributed by atoms with Crippen molar-refractivity contribution in [3.05, 3.63) is 70.9 Å². The molecule has 4 heteroatoms. The number of rotatable bonds is 1. The second-order valence-corrected chi connectivity index (χ2v) is 11.9. The first-order valence-electron chi connectivity index (χ1n) is 10.9. The molecule has 0 unspecified atom stereocenters. The second kappa shape index (κ2) is 6.84. The molecule has 3 aromatic carbocycles. The molecule has 2 nitrogen and oxygen atoms in total. The van der Waals surface area contributed by atoms with E-state index in [9.17, 15) is 0 Å². The van der Waals surface area contributed by atoms with E-state index in [1.807, 2.05) is 22.7 Å². The van der Waals surface area contributed by atoms with Crippen LogP contribution in [0.5, 0.6) is 0 Å². The molecule has 0 aliphatic heterocycles. The Balaban J connectivity index is 1.71. The molecule has 0 amide bonds. The van der Waals surface area contributed by atoms with Crippen molar-refractivity contribution < 1.29 is 0 Å². The molecule has 32 heavy (non-hydrogen) atoms. The van der Waals surface area contributed by atoms with Crippen LogP contribution in [-0.2, 0) is 5.41 Å². The predicted octanol–water partition coefficient (Wildman–Crippen LogP) is 8.79. The predicted molar refractivity (Wildman–Crippen MR) is 141 cm³/mol. The van der Waals surface area contributed by atoms with Gasteiger partial charge >= 0.3 is 0 Å². The molecule has 0 fully saturated rings.